The first-order chi connectivity index (χ1) is 15.8. The molecule has 3 aliphatic carbocycles. The molecule has 0 radical (unpaired) electrons. The van der Waals surface area contributed by atoms with Crippen LogP contribution in [0.25, 0.3) is 0 Å². The summed E-state index contributed by atoms with van der Waals surface area (Å²) in [5, 5.41) is 18.9. The Balaban J connectivity index is 1.52. The number of esters is 1. The van der Waals surface area contributed by atoms with Crippen LogP contribution in [0, 0.1) is 22.7 Å². The van der Waals surface area contributed by atoms with Crippen LogP contribution in [0.4, 0.5) is 0 Å². The van der Waals surface area contributed by atoms with Crippen LogP contribution in [0.5, 0.6) is 0 Å². The zero-order valence-electron chi connectivity index (χ0n) is 20.3. The van der Waals surface area contributed by atoms with Gasteiger partial charge in [0, 0.05) is 17.4 Å². The Bertz CT molecular complexity index is 991. The van der Waals surface area contributed by atoms with E-state index in [4.69, 9.17) is 9.47 Å². The van der Waals surface area contributed by atoms with Gasteiger partial charge in [-0.3, -0.25) is 14.4 Å². The molecular weight excluding hydrogens is 440 g/mol. The van der Waals surface area contributed by atoms with Crippen LogP contribution in [0.1, 0.15) is 59.8 Å². The number of carbonyl (C=O) groups excluding carboxylic acids is 4. The number of ether oxygens (including phenoxy) is 2. The number of epoxide rings is 1. The summed E-state index contributed by atoms with van der Waals surface area (Å²) in [5.41, 5.74) is -0.882. The number of allylic oxidation sites excluding steroid dienone is 1. The Morgan fingerprint density at radius 1 is 1.24 bits per heavy atom. The maximum Gasteiger partial charge on any atom is 0.338 e. The molecule has 4 aliphatic rings. The highest BCUT2D eigenvalue weighted by molar-refractivity contribution is 6.18. The average molecular weight is 475 g/mol. The molecule has 0 aromatic rings. The highest BCUT2D eigenvalue weighted by Gasteiger charge is 2.70. The second-order valence-corrected chi connectivity index (χ2v) is 11.2. The molecule has 0 amide bonds. The summed E-state index contributed by atoms with van der Waals surface area (Å²) in [6.45, 7) is 11.3. The maximum atomic E-state index is 13.2. The minimum absolute atomic E-state index is 0.00484. The molecule has 1 aliphatic heterocycles. The molecule has 7 atom stereocenters. The summed E-state index contributed by atoms with van der Waals surface area (Å²) in [6.07, 6.45) is 0.376. The topological polar surface area (TPSA) is 130 Å². The monoisotopic (exact) mass is 474 g/mol. The van der Waals surface area contributed by atoms with Crippen molar-refractivity contribution in [3.05, 3.63) is 23.8 Å². The van der Waals surface area contributed by atoms with Crippen molar-refractivity contribution in [2.75, 3.05) is 6.61 Å². The first kappa shape index (κ1) is 24.9. The Kier molecular flexibility index (Phi) is 6.02. The molecule has 0 spiro atoms. The fourth-order valence-corrected chi connectivity index (χ4v) is 6.61. The lowest BCUT2D eigenvalue weighted by atomic mass is 9.46. The first-order valence-electron chi connectivity index (χ1n) is 12.0. The number of hydrogen-bond acceptors (Lipinski definition) is 8. The van der Waals surface area contributed by atoms with Crippen LogP contribution in [-0.2, 0) is 28.7 Å². The van der Waals surface area contributed by atoms with Crippen LogP contribution in [0.3, 0.4) is 0 Å². The van der Waals surface area contributed by atoms with E-state index in [1.807, 2.05) is 13.8 Å². The number of carbonyl (C=O) groups is 4. The van der Waals surface area contributed by atoms with Gasteiger partial charge in [0.2, 0.25) is 0 Å². The number of fused-ring (bicyclic) bond motifs is 2. The van der Waals surface area contributed by atoms with E-state index in [9.17, 15) is 29.4 Å². The number of rotatable bonds is 6. The molecule has 1 saturated heterocycles. The van der Waals surface area contributed by atoms with Crippen LogP contribution in [0.2, 0.25) is 0 Å². The molecule has 1 heterocycles. The summed E-state index contributed by atoms with van der Waals surface area (Å²) in [4.78, 5) is 50.6. The highest BCUT2D eigenvalue weighted by Crippen LogP contribution is 2.63. The zero-order chi connectivity index (χ0) is 25.2. The van der Waals surface area contributed by atoms with Crippen molar-refractivity contribution in [2.45, 2.75) is 83.7 Å². The van der Waals surface area contributed by atoms with Crippen molar-refractivity contribution in [3.63, 3.8) is 0 Å². The molecule has 8 nitrogen and oxygen atoms in total. The summed E-state index contributed by atoms with van der Waals surface area (Å²) in [6, 6.07) is 0. The van der Waals surface area contributed by atoms with Crippen LogP contribution in [0.15, 0.2) is 23.8 Å². The third-order valence-electron chi connectivity index (χ3n) is 8.87. The molecule has 34 heavy (non-hydrogen) atoms. The Morgan fingerprint density at radius 2 is 1.91 bits per heavy atom. The highest BCUT2D eigenvalue weighted by atomic mass is 16.6. The van der Waals surface area contributed by atoms with Gasteiger partial charge in [-0.25, -0.2) is 4.79 Å². The summed E-state index contributed by atoms with van der Waals surface area (Å²) < 4.78 is 10.7. The minimum Gasteiger partial charge on any atom is -0.459 e. The predicted octanol–water partition coefficient (Wildman–Crippen LogP) is 1.85. The van der Waals surface area contributed by atoms with Crippen LogP contribution in [-0.4, -0.2) is 64.1 Å². The van der Waals surface area contributed by atoms with E-state index in [0.29, 0.717) is 12.8 Å². The second kappa shape index (κ2) is 8.21. The maximum absolute atomic E-state index is 13.2. The van der Waals surface area contributed by atoms with Crippen molar-refractivity contribution < 1.29 is 38.9 Å². The standard InChI is InChI=1S/C26H34O8/c1-13-6-7-17-24(3,4)18(28)8-9-25(17,5)16(13)11-26-19(29)10-15(21(31)22(26)34-26)12-33-23(32)20(30)14(2)27/h10,14,16-17,20,22,27,30H,1,6-9,11-12H2,2-5H3/t14-,16-,17-,20+,22-,25+,26+/m0/s1. The van der Waals surface area contributed by atoms with E-state index in [2.05, 4.69) is 13.5 Å². The fourth-order valence-electron chi connectivity index (χ4n) is 6.61. The summed E-state index contributed by atoms with van der Waals surface area (Å²) in [7, 11) is 0. The molecule has 0 aromatic heterocycles. The van der Waals surface area contributed by atoms with Gasteiger partial charge in [0.15, 0.2) is 29.4 Å². The van der Waals surface area contributed by atoms with Gasteiger partial charge in [0.25, 0.3) is 0 Å². The first-order valence-corrected chi connectivity index (χ1v) is 12.0. The fraction of sp³-hybridized carbons (Fsp3) is 0.692. The molecule has 2 saturated carbocycles. The SMILES string of the molecule is C=C1CC[C@H]2C(C)(C)C(=O)CC[C@]2(C)[C@H]1C[C@]12O[C@H]1C(=O)C(COC(=O)[C@H](O)[C@H](C)O)=CC2=O. The van der Waals surface area contributed by atoms with Crippen molar-refractivity contribution >= 4 is 23.3 Å². The van der Waals surface area contributed by atoms with Gasteiger partial charge in [-0.2, -0.15) is 0 Å². The number of Topliss-reactive ketones (excluding diaryl/α,β-unsaturated/α-hetero) is 2. The van der Waals surface area contributed by atoms with Gasteiger partial charge >= 0.3 is 5.97 Å². The lowest BCUT2D eigenvalue weighted by Gasteiger charge is -2.57. The van der Waals surface area contributed by atoms with E-state index in [1.165, 1.54) is 13.0 Å². The van der Waals surface area contributed by atoms with Crippen LogP contribution < -0.4 is 0 Å². The van der Waals surface area contributed by atoms with Gasteiger partial charge in [0.1, 0.15) is 12.4 Å². The van der Waals surface area contributed by atoms with Crippen molar-refractivity contribution in [1.82, 2.24) is 0 Å². The van der Waals surface area contributed by atoms with Crippen LogP contribution >= 0.6 is 0 Å². The quantitative estimate of drug-likeness (QED) is 0.339. The van der Waals surface area contributed by atoms with Gasteiger partial charge < -0.3 is 19.7 Å². The van der Waals surface area contributed by atoms with E-state index in [-0.39, 0.29) is 34.4 Å². The smallest absolute Gasteiger partial charge is 0.338 e. The van der Waals surface area contributed by atoms with Gasteiger partial charge in [0.05, 0.1) is 6.10 Å². The molecule has 0 unspecified atom stereocenters. The van der Waals surface area contributed by atoms with Gasteiger partial charge in [-0.1, -0.05) is 32.9 Å². The Hall–Kier alpha value is -2.16. The Morgan fingerprint density at radius 3 is 2.56 bits per heavy atom. The largest absolute Gasteiger partial charge is 0.459 e. The second-order valence-electron chi connectivity index (χ2n) is 11.2. The molecule has 0 aromatic carbocycles. The average Bonchev–Trinajstić information content (AvgIpc) is 3.51. The lowest BCUT2D eigenvalue weighted by Crippen LogP contribution is -2.54. The van der Waals surface area contributed by atoms with Crippen molar-refractivity contribution in [3.8, 4) is 0 Å². The summed E-state index contributed by atoms with van der Waals surface area (Å²) in [5.74, 6) is -1.46. The zero-order valence-corrected chi connectivity index (χ0v) is 20.3. The number of hydrogen-bond donors (Lipinski definition) is 2. The predicted molar refractivity (Wildman–Crippen MR) is 120 cm³/mol. The molecule has 0 bridgehead atoms. The third-order valence-corrected chi connectivity index (χ3v) is 8.87. The minimum atomic E-state index is -1.73. The summed E-state index contributed by atoms with van der Waals surface area (Å²) >= 11 is 0. The number of ketones is 3. The van der Waals surface area contributed by atoms with E-state index < -0.39 is 47.7 Å². The molecule has 4 rings (SSSR count). The Labute approximate surface area is 199 Å². The van der Waals surface area contributed by atoms with E-state index in [1.54, 1.807) is 0 Å². The van der Waals surface area contributed by atoms with E-state index in [0.717, 1.165) is 24.8 Å². The molecule has 186 valence electrons. The lowest BCUT2D eigenvalue weighted by molar-refractivity contribution is -0.158. The van der Waals surface area contributed by atoms with Gasteiger partial charge in [-0.05, 0) is 55.9 Å². The molecule has 3 fully saturated rings. The number of aliphatic hydroxyl groups is 2. The molecular formula is C26H34O8. The molecule has 8 heteroatoms. The van der Waals surface area contributed by atoms with Gasteiger partial charge in [-0.15, -0.1) is 0 Å². The van der Waals surface area contributed by atoms with Crippen molar-refractivity contribution in [2.24, 2.45) is 22.7 Å². The van der Waals surface area contributed by atoms with E-state index >= 15 is 0 Å². The number of aliphatic hydroxyl groups excluding tert-OH is 2. The molecule has 2 N–H and O–H groups in total. The normalized spacial score (nSPS) is 38.4. The van der Waals surface area contributed by atoms with Crippen molar-refractivity contribution in [1.29, 1.82) is 0 Å². The third kappa shape index (κ3) is 3.71.